The molecule has 2 fully saturated rings. The van der Waals surface area contributed by atoms with E-state index in [0.29, 0.717) is 12.3 Å². The lowest BCUT2D eigenvalue weighted by Crippen LogP contribution is -2.46. The van der Waals surface area contributed by atoms with Crippen LogP contribution < -0.4 is 0 Å². The van der Waals surface area contributed by atoms with Crippen molar-refractivity contribution in [2.45, 2.75) is 31.7 Å². The molecule has 1 saturated heterocycles. The van der Waals surface area contributed by atoms with Gasteiger partial charge in [0.1, 0.15) is 0 Å². The van der Waals surface area contributed by atoms with E-state index in [0.717, 1.165) is 27.6 Å². The number of amides is 4. The molecule has 2 aromatic rings. The van der Waals surface area contributed by atoms with Gasteiger partial charge in [-0.15, -0.1) is 22.7 Å². The Morgan fingerprint density at radius 3 is 2.57 bits per heavy atom. The fourth-order valence-corrected chi connectivity index (χ4v) is 5.86. The van der Waals surface area contributed by atoms with Crippen molar-refractivity contribution >= 4 is 40.5 Å². The van der Waals surface area contributed by atoms with Crippen molar-refractivity contribution in [3.63, 3.8) is 0 Å². The molecule has 0 aromatic carbocycles. The van der Waals surface area contributed by atoms with Gasteiger partial charge in [0.15, 0.2) is 0 Å². The van der Waals surface area contributed by atoms with Crippen LogP contribution in [-0.2, 0) is 22.4 Å². The van der Waals surface area contributed by atoms with Crippen LogP contribution in [-0.4, -0.2) is 52.3 Å². The molecule has 0 bridgehead atoms. The van der Waals surface area contributed by atoms with Gasteiger partial charge in [-0.25, -0.2) is 9.69 Å². The highest BCUT2D eigenvalue weighted by Gasteiger charge is 2.47. The molecule has 4 heterocycles. The summed E-state index contributed by atoms with van der Waals surface area (Å²) in [4.78, 5) is 44.8. The maximum atomic E-state index is 12.8. The molecule has 3 aliphatic rings. The minimum Gasteiger partial charge on any atom is -0.278 e. The molecule has 0 spiro atoms. The number of fused-ring (bicyclic) bond motifs is 1. The predicted octanol–water partition coefficient (Wildman–Crippen LogP) is 3.11. The SMILES string of the molecule is O=C1C(=O)N(CN2CCc3sccc3[C@@H]2C2CC2)C(=O)N1CCc1cccs1. The summed E-state index contributed by atoms with van der Waals surface area (Å²) >= 11 is 3.38. The second kappa shape index (κ2) is 7.09. The van der Waals surface area contributed by atoms with Crippen molar-refractivity contribution in [2.24, 2.45) is 5.92 Å². The van der Waals surface area contributed by atoms with Gasteiger partial charge < -0.3 is 0 Å². The lowest BCUT2D eigenvalue weighted by molar-refractivity contribution is -0.144. The van der Waals surface area contributed by atoms with E-state index in [1.165, 1.54) is 23.3 Å². The summed E-state index contributed by atoms with van der Waals surface area (Å²) in [5.74, 6) is -0.799. The molecule has 8 heteroatoms. The summed E-state index contributed by atoms with van der Waals surface area (Å²) in [5.41, 5.74) is 1.35. The number of imide groups is 2. The van der Waals surface area contributed by atoms with Gasteiger partial charge in [-0.3, -0.25) is 19.4 Å². The first-order valence-corrected chi connectivity index (χ1v) is 11.4. The number of carbonyl (C=O) groups excluding carboxylic acids is 3. The van der Waals surface area contributed by atoms with Crippen LogP contribution >= 0.6 is 22.7 Å². The molecule has 4 amide bonds. The van der Waals surface area contributed by atoms with E-state index in [1.807, 2.05) is 17.5 Å². The molecular weight excluding hydrogens is 394 g/mol. The number of urea groups is 1. The molecule has 1 saturated carbocycles. The van der Waals surface area contributed by atoms with Crippen molar-refractivity contribution in [3.8, 4) is 0 Å². The summed E-state index contributed by atoms with van der Waals surface area (Å²) < 4.78 is 0. The maximum Gasteiger partial charge on any atom is 0.335 e. The molecule has 1 atom stereocenters. The van der Waals surface area contributed by atoms with Gasteiger partial charge in [-0.2, -0.15) is 0 Å². The highest BCUT2D eigenvalue weighted by Crippen LogP contribution is 2.48. The second-order valence-corrected chi connectivity index (χ2v) is 9.62. The Balaban J connectivity index is 1.31. The first kappa shape index (κ1) is 18.0. The smallest absolute Gasteiger partial charge is 0.278 e. The predicted molar refractivity (Wildman–Crippen MR) is 107 cm³/mol. The Kier molecular flexibility index (Phi) is 4.57. The van der Waals surface area contributed by atoms with Gasteiger partial charge in [0.25, 0.3) is 0 Å². The lowest BCUT2D eigenvalue weighted by atomic mass is 9.96. The van der Waals surface area contributed by atoms with Gasteiger partial charge in [0.05, 0.1) is 6.67 Å². The van der Waals surface area contributed by atoms with E-state index in [2.05, 4.69) is 16.3 Å². The van der Waals surface area contributed by atoms with Crippen LogP contribution in [0.15, 0.2) is 29.0 Å². The normalized spacial score (nSPS) is 23.0. The summed E-state index contributed by atoms with van der Waals surface area (Å²) in [6.45, 7) is 1.27. The standard InChI is InChI=1S/C20H21N3O3S2/c24-18-19(25)23(20(26)22(18)9-5-14-2-1-10-27-14)12-21-8-6-16-15(7-11-28-16)17(21)13-3-4-13/h1-2,7,10-11,13,17H,3-6,8-9,12H2/t17-/m0/s1. The summed E-state index contributed by atoms with van der Waals surface area (Å²) in [6.07, 6.45) is 3.89. The molecule has 0 unspecified atom stereocenters. The Labute approximate surface area is 171 Å². The van der Waals surface area contributed by atoms with Crippen molar-refractivity contribution < 1.29 is 14.4 Å². The van der Waals surface area contributed by atoms with Crippen LogP contribution in [0.4, 0.5) is 4.79 Å². The molecule has 0 radical (unpaired) electrons. The Morgan fingerprint density at radius 2 is 1.82 bits per heavy atom. The maximum absolute atomic E-state index is 12.8. The third-order valence-electron chi connectivity index (χ3n) is 5.81. The van der Waals surface area contributed by atoms with Crippen LogP contribution in [0.3, 0.4) is 0 Å². The minimum absolute atomic E-state index is 0.204. The van der Waals surface area contributed by atoms with E-state index < -0.39 is 17.8 Å². The van der Waals surface area contributed by atoms with Crippen molar-refractivity contribution in [1.29, 1.82) is 0 Å². The highest BCUT2D eigenvalue weighted by atomic mass is 32.1. The Hall–Kier alpha value is -2.03. The summed E-state index contributed by atoms with van der Waals surface area (Å²) in [7, 11) is 0. The Morgan fingerprint density at radius 1 is 1.00 bits per heavy atom. The lowest BCUT2D eigenvalue weighted by Gasteiger charge is -2.37. The van der Waals surface area contributed by atoms with Crippen molar-refractivity contribution in [3.05, 3.63) is 44.3 Å². The average Bonchev–Trinajstić information content (AvgIpc) is 3.11. The van der Waals surface area contributed by atoms with Gasteiger partial charge in [0, 0.05) is 35.3 Å². The number of rotatable bonds is 6. The number of hydrogen-bond acceptors (Lipinski definition) is 6. The fraction of sp³-hybridized carbons (Fsp3) is 0.450. The molecule has 28 heavy (non-hydrogen) atoms. The van der Waals surface area contributed by atoms with E-state index in [9.17, 15) is 14.4 Å². The van der Waals surface area contributed by atoms with Gasteiger partial charge in [-0.05, 0) is 53.6 Å². The number of thiophene rings is 2. The largest absolute Gasteiger partial charge is 0.335 e. The first-order valence-electron chi connectivity index (χ1n) is 9.63. The zero-order valence-corrected chi connectivity index (χ0v) is 17.0. The quantitative estimate of drug-likeness (QED) is 0.537. The van der Waals surface area contributed by atoms with Crippen LogP contribution in [0.2, 0.25) is 0 Å². The monoisotopic (exact) mass is 415 g/mol. The van der Waals surface area contributed by atoms with Gasteiger partial charge in [-0.1, -0.05) is 6.07 Å². The third-order valence-corrected chi connectivity index (χ3v) is 7.74. The zero-order chi connectivity index (χ0) is 19.3. The third kappa shape index (κ3) is 3.09. The number of hydrogen-bond donors (Lipinski definition) is 0. The molecule has 2 aromatic heterocycles. The van der Waals surface area contributed by atoms with E-state index in [-0.39, 0.29) is 19.3 Å². The average molecular weight is 416 g/mol. The Bertz CT molecular complexity index is 919. The topological polar surface area (TPSA) is 60.9 Å². The first-order chi connectivity index (χ1) is 13.6. The fourth-order valence-electron chi connectivity index (χ4n) is 4.25. The van der Waals surface area contributed by atoms with Crippen LogP contribution in [0, 0.1) is 5.92 Å². The highest BCUT2D eigenvalue weighted by molar-refractivity contribution is 7.10. The zero-order valence-electron chi connectivity index (χ0n) is 15.4. The number of nitrogens with zero attached hydrogens (tertiary/aromatic N) is 3. The van der Waals surface area contributed by atoms with E-state index in [4.69, 9.17) is 0 Å². The molecule has 2 aliphatic heterocycles. The van der Waals surface area contributed by atoms with Crippen molar-refractivity contribution in [2.75, 3.05) is 19.8 Å². The van der Waals surface area contributed by atoms with Crippen LogP contribution in [0.25, 0.3) is 0 Å². The second-order valence-electron chi connectivity index (χ2n) is 7.59. The molecular formula is C20H21N3O3S2. The van der Waals surface area contributed by atoms with Crippen molar-refractivity contribution in [1.82, 2.24) is 14.7 Å². The summed E-state index contributed by atoms with van der Waals surface area (Å²) in [5, 5.41) is 4.10. The molecule has 1 aliphatic carbocycles. The molecule has 146 valence electrons. The van der Waals surface area contributed by atoms with Crippen LogP contribution in [0.1, 0.15) is 34.2 Å². The minimum atomic E-state index is -0.697. The number of carbonyl (C=O) groups is 3. The molecule has 5 rings (SSSR count). The summed E-state index contributed by atoms with van der Waals surface area (Å²) in [6, 6.07) is 5.88. The molecule has 0 N–H and O–H groups in total. The van der Waals surface area contributed by atoms with Gasteiger partial charge >= 0.3 is 17.8 Å². The molecule has 6 nitrogen and oxygen atoms in total. The van der Waals surface area contributed by atoms with E-state index in [1.54, 1.807) is 22.7 Å². The van der Waals surface area contributed by atoms with Crippen LogP contribution in [0.5, 0.6) is 0 Å². The van der Waals surface area contributed by atoms with Gasteiger partial charge in [0.2, 0.25) is 0 Å². The van der Waals surface area contributed by atoms with E-state index >= 15 is 0 Å².